The molecule has 1 N–H and O–H groups in total. The van der Waals surface area contributed by atoms with Crippen LogP contribution in [0.2, 0.25) is 0 Å². The number of methoxy groups -OCH3 is 1. The molecule has 0 aliphatic carbocycles. The molecule has 0 unspecified atom stereocenters. The zero-order chi connectivity index (χ0) is 21.5. The maximum Gasteiger partial charge on any atom is 0.235 e. The number of benzene rings is 2. The van der Waals surface area contributed by atoms with Crippen molar-refractivity contribution in [1.82, 2.24) is 4.90 Å². The molecule has 4 rings (SSSR count). The lowest BCUT2D eigenvalue weighted by molar-refractivity contribution is -0.133. The quantitative estimate of drug-likeness (QED) is 0.838. The number of hydrogen-bond donors (Lipinski definition) is 1. The fraction of sp³-hybridized carbons (Fsp3) is 0.391. The van der Waals surface area contributed by atoms with Crippen LogP contribution in [0.15, 0.2) is 36.4 Å². The Morgan fingerprint density at radius 2 is 1.87 bits per heavy atom. The molecule has 2 aliphatic rings. The third-order valence-electron chi connectivity index (χ3n) is 6.13. The number of carbonyl (C=O) groups excluding carboxylic acids is 2. The van der Waals surface area contributed by atoms with Crippen molar-refractivity contribution in [2.24, 2.45) is 0 Å². The van der Waals surface area contributed by atoms with Gasteiger partial charge >= 0.3 is 0 Å². The SMILES string of the molecule is COc1cc2c(cc1Oc1cccc(N(C)C)c1)NC(=O)C21CCN(C(C)=O)CC1. The Morgan fingerprint density at radius 3 is 2.50 bits per heavy atom. The summed E-state index contributed by atoms with van der Waals surface area (Å²) in [6, 6.07) is 11.5. The predicted molar refractivity (Wildman–Crippen MR) is 116 cm³/mol. The standard InChI is InChI=1S/C23H27N3O4/c1-15(27)26-10-8-23(9-11-26)18-13-20(29-4)21(14-19(18)24-22(23)28)30-17-7-5-6-16(12-17)25(2)3/h5-7,12-14H,8-11H2,1-4H3,(H,24,28). The molecular formula is C23H27N3O4. The highest BCUT2D eigenvalue weighted by Crippen LogP contribution is 2.49. The maximum atomic E-state index is 13.0. The Hall–Kier alpha value is -3.22. The Morgan fingerprint density at radius 1 is 1.13 bits per heavy atom. The number of hydrogen-bond acceptors (Lipinski definition) is 5. The van der Waals surface area contributed by atoms with Crippen molar-refractivity contribution in [3.63, 3.8) is 0 Å². The van der Waals surface area contributed by atoms with Gasteiger partial charge in [-0.2, -0.15) is 0 Å². The Kier molecular flexibility index (Phi) is 5.05. The Labute approximate surface area is 176 Å². The average Bonchev–Trinajstić information content (AvgIpc) is 2.98. The van der Waals surface area contributed by atoms with E-state index in [4.69, 9.17) is 9.47 Å². The summed E-state index contributed by atoms with van der Waals surface area (Å²) in [5, 5.41) is 3.02. The van der Waals surface area contributed by atoms with E-state index in [1.54, 1.807) is 18.9 Å². The van der Waals surface area contributed by atoms with E-state index in [1.807, 2.05) is 55.4 Å². The van der Waals surface area contributed by atoms with Crippen molar-refractivity contribution < 1.29 is 19.1 Å². The number of nitrogens with zero attached hydrogens (tertiary/aromatic N) is 2. The molecule has 7 heteroatoms. The summed E-state index contributed by atoms with van der Waals surface area (Å²) in [6.07, 6.45) is 1.19. The minimum absolute atomic E-state index is 0.0190. The second-order valence-corrected chi connectivity index (χ2v) is 8.08. The number of carbonyl (C=O) groups is 2. The number of ether oxygens (including phenoxy) is 2. The molecule has 7 nitrogen and oxygen atoms in total. The summed E-state index contributed by atoms with van der Waals surface area (Å²) in [6.45, 7) is 2.71. The highest BCUT2D eigenvalue weighted by Gasteiger charge is 2.49. The molecular weight excluding hydrogens is 382 g/mol. The summed E-state index contributed by atoms with van der Waals surface area (Å²) in [7, 11) is 5.54. The van der Waals surface area contributed by atoms with E-state index in [9.17, 15) is 9.59 Å². The van der Waals surface area contributed by atoms with Gasteiger partial charge in [0, 0.05) is 57.6 Å². The van der Waals surface area contributed by atoms with Crippen molar-refractivity contribution in [3.8, 4) is 17.2 Å². The second kappa shape index (κ2) is 7.55. The molecule has 2 heterocycles. The number of rotatable bonds is 4. The summed E-state index contributed by atoms with van der Waals surface area (Å²) >= 11 is 0. The van der Waals surface area contributed by atoms with E-state index in [2.05, 4.69) is 5.32 Å². The lowest BCUT2D eigenvalue weighted by atomic mass is 9.73. The molecule has 1 saturated heterocycles. The van der Waals surface area contributed by atoms with Crippen LogP contribution in [0.4, 0.5) is 11.4 Å². The first-order valence-electron chi connectivity index (χ1n) is 10.1. The molecule has 2 amide bonds. The van der Waals surface area contributed by atoms with Crippen LogP contribution in [0.1, 0.15) is 25.3 Å². The molecule has 0 bridgehead atoms. The molecule has 0 atom stereocenters. The molecule has 0 radical (unpaired) electrons. The molecule has 2 aromatic carbocycles. The number of fused-ring (bicyclic) bond motifs is 2. The van der Waals surface area contributed by atoms with E-state index in [0.717, 1.165) is 16.9 Å². The van der Waals surface area contributed by atoms with Crippen LogP contribution < -0.4 is 19.7 Å². The van der Waals surface area contributed by atoms with Gasteiger partial charge < -0.3 is 24.6 Å². The predicted octanol–water partition coefficient (Wildman–Crippen LogP) is 3.39. The largest absolute Gasteiger partial charge is 0.493 e. The zero-order valence-electron chi connectivity index (χ0n) is 17.8. The van der Waals surface area contributed by atoms with Crippen molar-refractivity contribution in [2.75, 3.05) is 44.5 Å². The van der Waals surface area contributed by atoms with E-state index in [0.29, 0.717) is 43.2 Å². The van der Waals surface area contributed by atoms with Gasteiger partial charge in [0.2, 0.25) is 11.8 Å². The zero-order valence-corrected chi connectivity index (χ0v) is 17.8. The smallest absolute Gasteiger partial charge is 0.235 e. The van der Waals surface area contributed by atoms with Gasteiger partial charge in [0.05, 0.1) is 12.5 Å². The van der Waals surface area contributed by atoms with Crippen molar-refractivity contribution in [1.29, 1.82) is 0 Å². The minimum atomic E-state index is -0.627. The van der Waals surface area contributed by atoms with Crippen LogP contribution in [-0.4, -0.2) is 51.0 Å². The van der Waals surface area contributed by atoms with Crippen LogP contribution in [0, 0.1) is 0 Å². The number of piperidine rings is 1. The number of nitrogens with one attached hydrogen (secondary N) is 1. The first-order chi connectivity index (χ1) is 14.3. The summed E-state index contributed by atoms with van der Waals surface area (Å²) in [5.74, 6) is 1.84. The van der Waals surface area contributed by atoms with Crippen LogP contribution in [0.25, 0.3) is 0 Å². The highest BCUT2D eigenvalue weighted by molar-refractivity contribution is 6.07. The maximum absolute atomic E-state index is 13.0. The van der Waals surface area contributed by atoms with E-state index < -0.39 is 5.41 Å². The summed E-state index contributed by atoms with van der Waals surface area (Å²) < 4.78 is 11.7. The van der Waals surface area contributed by atoms with Crippen molar-refractivity contribution >= 4 is 23.2 Å². The monoisotopic (exact) mass is 409 g/mol. The van der Waals surface area contributed by atoms with E-state index in [1.165, 1.54) is 0 Å². The third kappa shape index (κ3) is 3.34. The minimum Gasteiger partial charge on any atom is -0.493 e. The van der Waals surface area contributed by atoms with Crippen LogP contribution in [0.5, 0.6) is 17.2 Å². The molecule has 2 aliphatic heterocycles. The van der Waals surface area contributed by atoms with Gasteiger partial charge in [-0.15, -0.1) is 0 Å². The highest BCUT2D eigenvalue weighted by atomic mass is 16.5. The average molecular weight is 409 g/mol. The van der Waals surface area contributed by atoms with E-state index >= 15 is 0 Å². The van der Waals surface area contributed by atoms with Gasteiger partial charge in [0.1, 0.15) is 5.75 Å². The first kappa shape index (κ1) is 20.1. The Bertz CT molecular complexity index is 994. The molecule has 1 spiro atoms. The number of amides is 2. The van der Waals surface area contributed by atoms with Crippen molar-refractivity contribution in [2.45, 2.75) is 25.2 Å². The summed E-state index contributed by atoms with van der Waals surface area (Å²) in [5.41, 5.74) is 2.06. The molecule has 30 heavy (non-hydrogen) atoms. The second-order valence-electron chi connectivity index (χ2n) is 8.08. The van der Waals surface area contributed by atoms with Crippen LogP contribution in [-0.2, 0) is 15.0 Å². The molecule has 0 saturated carbocycles. The molecule has 1 fully saturated rings. The fourth-order valence-corrected chi connectivity index (χ4v) is 4.31. The van der Waals surface area contributed by atoms with Crippen LogP contribution in [0.3, 0.4) is 0 Å². The Balaban J connectivity index is 1.66. The van der Waals surface area contributed by atoms with Gasteiger partial charge in [-0.05, 0) is 36.6 Å². The third-order valence-corrected chi connectivity index (χ3v) is 6.13. The van der Waals surface area contributed by atoms with Crippen molar-refractivity contribution in [3.05, 3.63) is 42.0 Å². The van der Waals surface area contributed by atoms with Gasteiger partial charge in [-0.3, -0.25) is 9.59 Å². The molecule has 0 aromatic heterocycles. The van der Waals surface area contributed by atoms with Gasteiger partial charge in [-0.25, -0.2) is 0 Å². The topological polar surface area (TPSA) is 71.1 Å². The lowest BCUT2D eigenvalue weighted by Gasteiger charge is -2.37. The fourth-order valence-electron chi connectivity index (χ4n) is 4.31. The van der Waals surface area contributed by atoms with Gasteiger partial charge in [0.25, 0.3) is 0 Å². The first-order valence-corrected chi connectivity index (χ1v) is 10.1. The molecule has 2 aromatic rings. The summed E-state index contributed by atoms with van der Waals surface area (Å²) in [4.78, 5) is 28.5. The van der Waals surface area contributed by atoms with Gasteiger partial charge in [-0.1, -0.05) is 6.07 Å². The normalized spacial score (nSPS) is 16.8. The number of likely N-dealkylation sites (tertiary alicyclic amines) is 1. The number of anilines is 2. The van der Waals surface area contributed by atoms with Crippen LogP contribution >= 0.6 is 0 Å². The van der Waals surface area contributed by atoms with E-state index in [-0.39, 0.29) is 11.8 Å². The van der Waals surface area contributed by atoms with Gasteiger partial charge in [0.15, 0.2) is 11.5 Å². The lowest BCUT2D eigenvalue weighted by Crippen LogP contribution is -2.47. The molecule has 158 valence electrons.